The van der Waals surface area contributed by atoms with E-state index in [1.807, 2.05) is 12.3 Å². The molecular weight excluding hydrogens is 170 g/mol. The zero-order valence-electron chi connectivity index (χ0n) is 7.76. The van der Waals surface area contributed by atoms with Gasteiger partial charge in [-0.3, -0.25) is 4.98 Å². The molecule has 0 aromatic carbocycles. The lowest BCUT2D eigenvalue weighted by molar-refractivity contribution is 0.568. The standard InChI is InChI=1S/C10H14ClN/c1-10(2,3)9-6-8(7-11)4-5-12-9/h4-6H,7H2,1-3H3. The summed E-state index contributed by atoms with van der Waals surface area (Å²) in [6, 6.07) is 4.01. The minimum absolute atomic E-state index is 0.113. The van der Waals surface area contributed by atoms with Gasteiger partial charge < -0.3 is 0 Å². The van der Waals surface area contributed by atoms with Crippen molar-refractivity contribution in [3.63, 3.8) is 0 Å². The molecule has 0 amide bonds. The van der Waals surface area contributed by atoms with Gasteiger partial charge in [-0.15, -0.1) is 11.6 Å². The first-order valence-electron chi connectivity index (χ1n) is 4.05. The van der Waals surface area contributed by atoms with Crippen LogP contribution >= 0.6 is 11.6 Å². The number of nitrogens with zero attached hydrogens (tertiary/aromatic N) is 1. The molecule has 0 atom stereocenters. The predicted molar refractivity (Wildman–Crippen MR) is 52.5 cm³/mol. The van der Waals surface area contributed by atoms with Crippen LogP contribution in [-0.4, -0.2) is 4.98 Å². The Balaban J connectivity index is 3.02. The maximum absolute atomic E-state index is 5.72. The van der Waals surface area contributed by atoms with E-state index < -0.39 is 0 Å². The summed E-state index contributed by atoms with van der Waals surface area (Å²) in [6.45, 7) is 6.44. The molecule has 0 saturated heterocycles. The molecule has 0 aliphatic carbocycles. The van der Waals surface area contributed by atoms with E-state index in [9.17, 15) is 0 Å². The van der Waals surface area contributed by atoms with Crippen molar-refractivity contribution in [1.82, 2.24) is 4.98 Å². The van der Waals surface area contributed by atoms with Crippen molar-refractivity contribution < 1.29 is 0 Å². The number of halogens is 1. The molecule has 1 aromatic heterocycles. The van der Waals surface area contributed by atoms with Crippen LogP contribution in [0.4, 0.5) is 0 Å². The van der Waals surface area contributed by atoms with Crippen LogP contribution in [0.1, 0.15) is 32.0 Å². The van der Waals surface area contributed by atoms with Crippen molar-refractivity contribution in [2.75, 3.05) is 0 Å². The third-order valence-corrected chi connectivity index (χ3v) is 2.06. The number of hydrogen-bond donors (Lipinski definition) is 0. The second-order valence-electron chi connectivity index (χ2n) is 3.93. The number of rotatable bonds is 1. The molecule has 1 rings (SSSR count). The predicted octanol–water partition coefficient (Wildman–Crippen LogP) is 3.12. The summed E-state index contributed by atoms with van der Waals surface area (Å²) >= 11 is 5.72. The molecule has 0 saturated carbocycles. The van der Waals surface area contributed by atoms with E-state index in [-0.39, 0.29) is 5.41 Å². The monoisotopic (exact) mass is 183 g/mol. The molecule has 0 N–H and O–H groups in total. The van der Waals surface area contributed by atoms with Crippen molar-refractivity contribution in [2.24, 2.45) is 0 Å². The Morgan fingerprint density at radius 3 is 2.58 bits per heavy atom. The highest BCUT2D eigenvalue weighted by atomic mass is 35.5. The number of alkyl halides is 1. The number of hydrogen-bond acceptors (Lipinski definition) is 1. The molecule has 0 fully saturated rings. The van der Waals surface area contributed by atoms with E-state index >= 15 is 0 Å². The molecule has 1 nitrogen and oxygen atoms in total. The molecule has 0 bridgehead atoms. The SMILES string of the molecule is CC(C)(C)c1cc(CCl)ccn1. The van der Waals surface area contributed by atoms with Crippen LogP contribution in [0.5, 0.6) is 0 Å². The topological polar surface area (TPSA) is 12.9 Å². The first kappa shape index (κ1) is 9.53. The molecule has 1 heterocycles. The summed E-state index contributed by atoms with van der Waals surface area (Å²) in [5.41, 5.74) is 2.35. The highest BCUT2D eigenvalue weighted by Gasteiger charge is 2.14. The van der Waals surface area contributed by atoms with Gasteiger partial charge in [0.05, 0.1) is 0 Å². The van der Waals surface area contributed by atoms with Crippen LogP contribution in [0.15, 0.2) is 18.3 Å². The Kier molecular flexibility index (Phi) is 2.73. The molecule has 0 spiro atoms. The van der Waals surface area contributed by atoms with E-state index in [2.05, 4.69) is 31.8 Å². The summed E-state index contributed by atoms with van der Waals surface area (Å²) in [4.78, 5) is 4.30. The van der Waals surface area contributed by atoms with Crippen LogP contribution < -0.4 is 0 Å². The molecule has 12 heavy (non-hydrogen) atoms. The van der Waals surface area contributed by atoms with Crippen molar-refractivity contribution in [3.8, 4) is 0 Å². The summed E-state index contributed by atoms with van der Waals surface area (Å²) in [7, 11) is 0. The first-order valence-corrected chi connectivity index (χ1v) is 4.59. The van der Waals surface area contributed by atoms with E-state index in [0.29, 0.717) is 5.88 Å². The van der Waals surface area contributed by atoms with Gasteiger partial charge in [0.25, 0.3) is 0 Å². The fourth-order valence-electron chi connectivity index (χ4n) is 0.968. The van der Waals surface area contributed by atoms with E-state index in [1.54, 1.807) is 0 Å². The summed E-state index contributed by atoms with van der Waals surface area (Å²) < 4.78 is 0. The van der Waals surface area contributed by atoms with Gasteiger partial charge in [-0.05, 0) is 17.7 Å². The fraction of sp³-hybridized carbons (Fsp3) is 0.500. The van der Waals surface area contributed by atoms with Crippen LogP contribution in [0.2, 0.25) is 0 Å². The quantitative estimate of drug-likeness (QED) is 0.610. The summed E-state index contributed by atoms with van der Waals surface area (Å²) in [5, 5.41) is 0. The van der Waals surface area contributed by atoms with Gasteiger partial charge in [0.15, 0.2) is 0 Å². The summed E-state index contributed by atoms with van der Waals surface area (Å²) in [5.74, 6) is 0.561. The van der Waals surface area contributed by atoms with Gasteiger partial charge in [0, 0.05) is 23.2 Å². The molecule has 0 aliphatic rings. The van der Waals surface area contributed by atoms with E-state index in [4.69, 9.17) is 11.6 Å². The maximum atomic E-state index is 5.72. The molecule has 0 aliphatic heterocycles. The van der Waals surface area contributed by atoms with Crippen LogP contribution in [-0.2, 0) is 11.3 Å². The minimum Gasteiger partial charge on any atom is -0.261 e. The number of aromatic nitrogens is 1. The lowest BCUT2D eigenvalue weighted by atomic mass is 9.91. The molecule has 0 unspecified atom stereocenters. The lowest BCUT2D eigenvalue weighted by Gasteiger charge is -2.17. The largest absolute Gasteiger partial charge is 0.261 e. The van der Waals surface area contributed by atoms with Crippen molar-refractivity contribution in [2.45, 2.75) is 32.1 Å². The lowest BCUT2D eigenvalue weighted by Crippen LogP contribution is -2.13. The van der Waals surface area contributed by atoms with Crippen LogP contribution in [0, 0.1) is 0 Å². The maximum Gasteiger partial charge on any atom is 0.0475 e. The summed E-state index contributed by atoms with van der Waals surface area (Å²) in [6.07, 6.45) is 1.82. The Bertz CT molecular complexity index is 263. The minimum atomic E-state index is 0.113. The average molecular weight is 184 g/mol. The Morgan fingerprint density at radius 2 is 2.08 bits per heavy atom. The molecule has 66 valence electrons. The van der Waals surface area contributed by atoms with Crippen LogP contribution in [0.3, 0.4) is 0 Å². The molecule has 2 heteroatoms. The highest BCUT2D eigenvalue weighted by Crippen LogP contribution is 2.20. The number of pyridine rings is 1. The fourth-order valence-corrected chi connectivity index (χ4v) is 1.13. The van der Waals surface area contributed by atoms with Gasteiger partial charge in [0.2, 0.25) is 0 Å². The Morgan fingerprint density at radius 1 is 1.42 bits per heavy atom. The van der Waals surface area contributed by atoms with Gasteiger partial charge in [0.1, 0.15) is 0 Å². The second-order valence-corrected chi connectivity index (χ2v) is 4.20. The molecule has 0 radical (unpaired) electrons. The van der Waals surface area contributed by atoms with E-state index in [1.165, 1.54) is 0 Å². The van der Waals surface area contributed by atoms with Gasteiger partial charge >= 0.3 is 0 Å². The van der Waals surface area contributed by atoms with Crippen molar-refractivity contribution in [1.29, 1.82) is 0 Å². The normalized spacial score (nSPS) is 11.7. The highest BCUT2D eigenvalue weighted by molar-refractivity contribution is 6.17. The third kappa shape index (κ3) is 2.21. The second kappa shape index (κ2) is 3.44. The Hall–Kier alpha value is -0.560. The van der Waals surface area contributed by atoms with Gasteiger partial charge in [-0.1, -0.05) is 20.8 Å². The third-order valence-electron chi connectivity index (χ3n) is 1.75. The zero-order valence-corrected chi connectivity index (χ0v) is 8.52. The van der Waals surface area contributed by atoms with E-state index in [0.717, 1.165) is 11.3 Å². The van der Waals surface area contributed by atoms with Gasteiger partial charge in [-0.25, -0.2) is 0 Å². The zero-order chi connectivity index (χ0) is 9.19. The molecule has 1 aromatic rings. The molecular formula is C10H14ClN. The smallest absolute Gasteiger partial charge is 0.0475 e. The van der Waals surface area contributed by atoms with Gasteiger partial charge in [-0.2, -0.15) is 0 Å². The average Bonchev–Trinajstić information content (AvgIpc) is 2.03. The van der Waals surface area contributed by atoms with Crippen molar-refractivity contribution in [3.05, 3.63) is 29.6 Å². The Labute approximate surface area is 78.8 Å². The first-order chi connectivity index (χ1) is 5.54. The van der Waals surface area contributed by atoms with Crippen molar-refractivity contribution >= 4 is 11.6 Å². The van der Waals surface area contributed by atoms with Crippen LogP contribution in [0.25, 0.3) is 0 Å².